The first-order valence-electron chi connectivity index (χ1n) is 9.26. The van der Waals surface area contributed by atoms with E-state index in [1.807, 2.05) is 26.0 Å². The SMILES string of the molecule is CC(C)Oc1ccc(C(=O)N(Cc2cccc(Cl)c2)[C@@H]2CCS(=O)(=O)C2)cc1. The van der Waals surface area contributed by atoms with Crippen LogP contribution in [0.2, 0.25) is 5.02 Å². The predicted octanol–water partition coefficient (Wildman–Crippen LogP) is 3.96. The van der Waals surface area contributed by atoms with E-state index in [0.717, 1.165) is 5.56 Å². The Balaban J connectivity index is 1.86. The second-order valence-electron chi connectivity index (χ2n) is 7.31. The Labute approximate surface area is 171 Å². The summed E-state index contributed by atoms with van der Waals surface area (Å²) in [5, 5.41) is 0.583. The Kier molecular flexibility index (Phi) is 6.30. The number of amides is 1. The third-order valence-corrected chi connectivity index (χ3v) is 6.61. The molecule has 28 heavy (non-hydrogen) atoms. The van der Waals surface area contributed by atoms with Gasteiger partial charge in [-0.05, 0) is 62.2 Å². The van der Waals surface area contributed by atoms with Crippen molar-refractivity contribution in [3.63, 3.8) is 0 Å². The van der Waals surface area contributed by atoms with Crippen LogP contribution in [-0.4, -0.2) is 42.9 Å². The van der Waals surface area contributed by atoms with E-state index in [2.05, 4.69) is 0 Å². The molecule has 0 saturated carbocycles. The van der Waals surface area contributed by atoms with Crippen LogP contribution in [0.1, 0.15) is 36.2 Å². The number of hydrogen-bond acceptors (Lipinski definition) is 4. The Morgan fingerprint density at radius 2 is 1.93 bits per heavy atom. The lowest BCUT2D eigenvalue weighted by atomic mass is 10.1. The van der Waals surface area contributed by atoms with Gasteiger partial charge in [-0.2, -0.15) is 0 Å². The second-order valence-corrected chi connectivity index (χ2v) is 9.98. The first kappa shape index (κ1) is 20.7. The number of carbonyl (C=O) groups is 1. The van der Waals surface area contributed by atoms with E-state index in [0.29, 0.717) is 29.3 Å². The molecule has 0 N–H and O–H groups in total. The van der Waals surface area contributed by atoms with E-state index in [4.69, 9.17) is 16.3 Å². The Morgan fingerprint density at radius 3 is 2.50 bits per heavy atom. The van der Waals surface area contributed by atoms with Gasteiger partial charge in [-0.3, -0.25) is 4.79 Å². The lowest BCUT2D eigenvalue weighted by molar-refractivity contribution is 0.0681. The molecule has 1 heterocycles. The van der Waals surface area contributed by atoms with Gasteiger partial charge in [0.2, 0.25) is 0 Å². The molecule has 2 aromatic carbocycles. The highest BCUT2D eigenvalue weighted by atomic mass is 35.5. The second kappa shape index (κ2) is 8.53. The quantitative estimate of drug-likeness (QED) is 0.708. The van der Waals surface area contributed by atoms with Crippen molar-refractivity contribution < 1.29 is 17.9 Å². The fourth-order valence-electron chi connectivity index (χ4n) is 3.33. The summed E-state index contributed by atoms with van der Waals surface area (Å²) in [5.74, 6) is 0.598. The fourth-order valence-corrected chi connectivity index (χ4v) is 5.28. The van der Waals surface area contributed by atoms with Gasteiger partial charge in [-0.25, -0.2) is 8.42 Å². The van der Waals surface area contributed by atoms with Crippen LogP contribution in [0.25, 0.3) is 0 Å². The zero-order chi connectivity index (χ0) is 20.3. The Morgan fingerprint density at radius 1 is 1.21 bits per heavy atom. The molecule has 150 valence electrons. The average molecular weight is 422 g/mol. The summed E-state index contributed by atoms with van der Waals surface area (Å²) in [6.45, 7) is 4.18. The molecular weight excluding hydrogens is 398 g/mol. The third kappa shape index (κ3) is 5.26. The largest absolute Gasteiger partial charge is 0.491 e. The molecular formula is C21H24ClNO4S. The standard InChI is InChI=1S/C21H24ClNO4S/c1-15(2)27-20-8-6-17(7-9-20)21(24)23(19-10-11-28(25,26)14-19)13-16-4-3-5-18(22)12-16/h3-9,12,15,19H,10-11,13-14H2,1-2H3/t19-/m1/s1. The van der Waals surface area contributed by atoms with Gasteiger partial charge in [0.15, 0.2) is 9.84 Å². The van der Waals surface area contributed by atoms with Gasteiger partial charge in [-0.1, -0.05) is 23.7 Å². The third-order valence-electron chi connectivity index (χ3n) is 4.63. The molecule has 7 heteroatoms. The van der Waals surface area contributed by atoms with Crippen LogP contribution in [0.5, 0.6) is 5.75 Å². The number of ether oxygens (including phenoxy) is 1. The van der Waals surface area contributed by atoms with Gasteiger partial charge in [-0.15, -0.1) is 0 Å². The summed E-state index contributed by atoms with van der Waals surface area (Å²) in [6, 6.07) is 13.9. The van der Waals surface area contributed by atoms with Crippen LogP contribution in [0.4, 0.5) is 0 Å². The minimum atomic E-state index is -3.12. The minimum Gasteiger partial charge on any atom is -0.491 e. The van der Waals surface area contributed by atoms with Crippen LogP contribution in [0.3, 0.4) is 0 Å². The number of rotatable bonds is 6. The summed E-state index contributed by atoms with van der Waals surface area (Å²) in [7, 11) is -3.12. The van der Waals surface area contributed by atoms with Crippen LogP contribution in [0, 0.1) is 0 Å². The summed E-state index contributed by atoms with van der Waals surface area (Å²) < 4.78 is 29.6. The maximum Gasteiger partial charge on any atom is 0.254 e. The van der Waals surface area contributed by atoms with Crippen molar-refractivity contribution in [2.75, 3.05) is 11.5 Å². The zero-order valence-electron chi connectivity index (χ0n) is 16.0. The fraction of sp³-hybridized carbons (Fsp3) is 0.381. The smallest absolute Gasteiger partial charge is 0.254 e. The number of nitrogens with zero attached hydrogens (tertiary/aromatic N) is 1. The maximum absolute atomic E-state index is 13.2. The first-order valence-corrected chi connectivity index (χ1v) is 11.5. The molecule has 1 aliphatic rings. The highest BCUT2D eigenvalue weighted by Gasteiger charge is 2.35. The molecule has 1 aliphatic heterocycles. The van der Waals surface area contributed by atoms with Gasteiger partial charge in [0.05, 0.1) is 17.6 Å². The molecule has 0 aliphatic carbocycles. The molecule has 5 nitrogen and oxygen atoms in total. The molecule has 1 atom stereocenters. The molecule has 1 saturated heterocycles. The van der Waals surface area contributed by atoms with Gasteiger partial charge in [0.25, 0.3) is 5.91 Å². The molecule has 0 spiro atoms. The van der Waals surface area contributed by atoms with E-state index < -0.39 is 9.84 Å². The highest BCUT2D eigenvalue weighted by Crippen LogP contribution is 2.24. The number of sulfone groups is 1. The van der Waals surface area contributed by atoms with Crippen molar-refractivity contribution in [2.45, 2.75) is 39.0 Å². The maximum atomic E-state index is 13.2. The summed E-state index contributed by atoms with van der Waals surface area (Å²) >= 11 is 6.08. The lowest BCUT2D eigenvalue weighted by Crippen LogP contribution is -2.40. The Bertz CT molecular complexity index is 941. The zero-order valence-corrected chi connectivity index (χ0v) is 17.5. The minimum absolute atomic E-state index is 0.00610. The molecule has 3 rings (SSSR count). The summed E-state index contributed by atoms with van der Waals surface area (Å²) in [5.41, 5.74) is 1.37. The predicted molar refractivity (Wildman–Crippen MR) is 111 cm³/mol. The molecule has 0 unspecified atom stereocenters. The van der Waals surface area contributed by atoms with Crippen LogP contribution in [0.15, 0.2) is 48.5 Å². The molecule has 1 fully saturated rings. The highest BCUT2D eigenvalue weighted by molar-refractivity contribution is 7.91. The molecule has 0 bridgehead atoms. The molecule has 1 amide bonds. The van der Waals surface area contributed by atoms with E-state index in [1.54, 1.807) is 41.3 Å². The van der Waals surface area contributed by atoms with Crippen LogP contribution >= 0.6 is 11.6 Å². The number of benzene rings is 2. The van der Waals surface area contributed by atoms with E-state index in [9.17, 15) is 13.2 Å². The van der Waals surface area contributed by atoms with E-state index in [1.165, 1.54) is 0 Å². The molecule has 0 aromatic heterocycles. The number of halogens is 1. The van der Waals surface area contributed by atoms with Crippen molar-refractivity contribution in [3.05, 3.63) is 64.7 Å². The first-order chi connectivity index (χ1) is 13.2. The monoisotopic (exact) mass is 421 g/mol. The number of carbonyl (C=O) groups excluding carboxylic acids is 1. The summed E-state index contributed by atoms with van der Waals surface area (Å²) in [4.78, 5) is 14.9. The molecule has 0 radical (unpaired) electrons. The van der Waals surface area contributed by atoms with Gasteiger partial charge in [0.1, 0.15) is 5.75 Å². The summed E-state index contributed by atoms with van der Waals surface area (Å²) in [6.07, 6.45) is 0.494. The average Bonchev–Trinajstić information content (AvgIpc) is 2.99. The van der Waals surface area contributed by atoms with Gasteiger partial charge >= 0.3 is 0 Å². The van der Waals surface area contributed by atoms with Crippen LogP contribution < -0.4 is 4.74 Å². The van der Waals surface area contributed by atoms with Crippen molar-refractivity contribution in [1.29, 1.82) is 0 Å². The van der Waals surface area contributed by atoms with Gasteiger partial charge < -0.3 is 9.64 Å². The molecule has 2 aromatic rings. The van der Waals surface area contributed by atoms with E-state index >= 15 is 0 Å². The van der Waals surface area contributed by atoms with E-state index in [-0.39, 0.29) is 29.6 Å². The lowest BCUT2D eigenvalue weighted by Gasteiger charge is -2.28. The normalized spacial score (nSPS) is 18.2. The van der Waals surface area contributed by atoms with Crippen LogP contribution in [-0.2, 0) is 16.4 Å². The topological polar surface area (TPSA) is 63.7 Å². The van der Waals surface area contributed by atoms with Crippen molar-refractivity contribution in [1.82, 2.24) is 4.90 Å². The number of hydrogen-bond donors (Lipinski definition) is 0. The Hall–Kier alpha value is -2.05. The van der Waals surface area contributed by atoms with Crippen molar-refractivity contribution >= 4 is 27.3 Å². The van der Waals surface area contributed by atoms with Crippen molar-refractivity contribution in [3.8, 4) is 5.75 Å². The van der Waals surface area contributed by atoms with Gasteiger partial charge in [0, 0.05) is 23.2 Å². The van der Waals surface area contributed by atoms with Crippen molar-refractivity contribution in [2.24, 2.45) is 0 Å².